The third kappa shape index (κ3) is 3.26. The summed E-state index contributed by atoms with van der Waals surface area (Å²) in [6, 6.07) is 8.46. The highest BCUT2D eigenvalue weighted by atomic mass is 16.6. The fourth-order valence-electron chi connectivity index (χ4n) is 2.40. The molecule has 4 heteroatoms. The number of nitrogens with one attached hydrogen (secondary N) is 1. The lowest BCUT2D eigenvalue weighted by Crippen LogP contribution is -2.39. The maximum Gasteiger partial charge on any atom is 0.119 e. The average Bonchev–Trinajstić information content (AvgIpc) is 3.27. The number of hydrogen-bond acceptors (Lipinski definition) is 4. The highest BCUT2D eigenvalue weighted by molar-refractivity contribution is 5.30. The van der Waals surface area contributed by atoms with Gasteiger partial charge in [-0.1, -0.05) is 12.1 Å². The Kier molecular flexibility index (Phi) is 4.01. The monoisotopic (exact) mass is 263 g/mol. The van der Waals surface area contributed by atoms with Crippen LogP contribution >= 0.6 is 0 Å². The van der Waals surface area contributed by atoms with Crippen LogP contribution in [0.15, 0.2) is 24.3 Å². The van der Waals surface area contributed by atoms with Gasteiger partial charge in [-0.05, 0) is 37.6 Å². The lowest BCUT2D eigenvalue weighted by atomic mass is 10.0. The van der Waals surface area contributed by atoms with Gasteiger partial charge in [-0.3, -0.25) is 0 Å². The first-order valence-electron chi connectivity index (χ1n) is 7.00. The second-order valence-electron chi connectivity index (χ2n) is 5.14. The molecule has 0 amide bonds. The second-order valence-corrected chi connectivity index (χ2v) is 5.14. The van der Waals surface area contributed by atoms with Gasteiger partial charge in [0, 0.05) is 0 Å². The van der Waals surface area contributed by atoms with E-state index < -0.39 is 0 Å². The van der Waals surface area contributed by atoms with Crippen molar-refractivity contribution in [3.8, 4) is 5.75 Å². The van der Waals surface area contributed by atoms with E-state index in [9.17, 15) is 0 Å². The lowest BCUT2D eigenvalue weighted by Gasteiger charge is -2.30. The Morgan fingerprint density at radius 2 is 2.00 bits per heavy atom. The van der Waals surface area contributed by atoms with Gasteiger partial charge in [0.05, 0.1) is 32.0 Å². The standard InChI is InChI=1S/C15H21NO3/c1-16-15(14-10-17-8-9-18-14)11-2-4-12(5-3-11)19-13-6-7-13/h2-5,13-16H,6-10H2,1H3. The summed E-state index contributed by atoms with van der Waals surface area (Å²) >= 11 is 0. The summed E-state index contributed by atoms with van der Waals surface area (Å²) in [5.41, 5.74) is 1.21. The average molecular weight is 263 g/mol. The Bertz CT molecular complexity index is 396. The van der Waals surface area contributed by atoms with Gasteiger partial charge in [-0.25, -0.2) is 0 Å². The maximum absolute atomic E-state index is 5.77. The quantitative estimate of drug-likeness (QED) is 0.881. The Morgan fingerprint density at radius 3 is 2.58 bits per heavy atom. The van der Waals surface area contributed by atoms with E-state index in [2.05, 4.69) is 17.4 Å². The summed E-state index contributed by atoms with van der Waals surface area (Å²) in [6.07, 6.45) is 2.90. The van der Waals surface area contributed by atoms with Crippen molar-refractivity contribution in [1.29, 1.82) is 0 Å². The molecule has 2 atom stereocenters. The topological polar surface area (TPSA) is 39.7 Å². The first kappa shape index (κ1) is 12.9. The molecule has 1 heterocycles. The Hall–Kier alpha value is -1.10. The van der Waals surface area contributed by atoms with Gasteiger partial charge in [-0.15, -0.1) is 0 Å². The molecule has 1 aromatic carbocycles. The van der Waals surface area contributed by atoms with Crippen LogP contribution in [0, 0.1) is 0 Å². The van der Waals surface area contributed by atoms with Crippen LogP contribution in [-0.4, -0.2) is 39.1 Å². The molecule has 19 heavy (non-hydrogen) atoms. The molecule has 2 unspecified atom stereocenters. The van der Waals surface area contributed by atoms with Gasteiger partial charge in [-0.2, -0.15) is 0 Å². The minimum Gasteiger partial charge on any atom is -0.490 e. The molecule has 3 rings (SSSR count). The molecule has 1 aromatic rings. The Labute approximate surface area is 114 Å². The van der Waals surface area contributed by atoms with E-state index in [-0.39, 0.29) is 12.1 Å². The summed E-state index contributed by atoms with van der Waals surface area (Å²) in [7, 11) is 1.96. The minimum absolute atomic E-state index is 0.0777. The molecule has 104 valence electrons. The lowest BCUT2D eigenvalue weighted by molar-refractivity contribution is -0.101. The molecule has 1 N–H and O–H groups in total. The van der Waals surface area contributed by atoms with Crippen molar-refractivity contribution in [3.63, 3.8) is 0 Å². The molecule has 0 aromatic heterocycles. The van der Waals surface area contributed by atoms with Gasteiger partial charge < -0.3 is 19.5 Å². The van der Waals surface area contributed by atoms with Crippen LogP contribution in [0.2, 0.25) is 0 Å². The van der Waals surface area contributed by atoms with Crippen LogP contribution < -0.4 is 10.1 Å². The summed E-state index contributed by atoms with van der Waals surface area (Å²) in [5.74, 6) is 0.960. The van der Waals surface area contributed by atoms with Crippen molar-refractivity contribution < 1.29 is 14.2 Å². The highest BCUT2D eigenvalue weighted by Crippen LogP contribution is 2.28. The molecular weight excluding hydrogens is 242 g/mol. The third-order valence-electron chi connectivity index (χ3n) is 3.59. The van der Waals surface area contributed by atoms with E-state index in [0.717, 1.165) is 5.75 Å². The number of benzene rings is 1. The molecule has 0 bridgehead atoms. The number of likely N-dealkylation sites (N-methyl/N-ethyl adjacent to an activating group) is 1. The maximum atomic E-state index is 5.77. The molecule has 1 aliphatic heterocycles. The third-order valence-corrected chi connectivity index (χ3v) is 3.59. The largest absolute Gasteiger partial charge is 0.490 e. The molecule has 1 saturated heterocycles. The predicted octanol–water partition coefficient (Wildman–Crippen LogP) is 1.90. The van der Waals surface area contributed by atoms with Crippen molar-refractivity contribution in [3.05, 3.63) is 29.8 Å². The van der Waals surface area contributed by atoms with E-state index in [1.54, 1.807) is 0 Å². The molecule has 0 radical (unpaired) electrons. The fraction of sp³-hybridized carbons (Fsp3) is 0.600. The zero-order valence-corrected chi connectivity index (χ0v) is 11.3. The van der Waals surface area contributed by atoms with E-state index >= 15 is 0 Å². The van der Waals surface area contributed by atoms with E-state index in [1.807, 2.05) is 19.2 Å². The van der Waals surface area contributed by atoms with Gasteiger partial charge in [0.25, 0.3) is 0 Å². The number of hydrogen-bond donors (Lipinski definition) is 1. The van der Waals surface area contributed by atoms with Crippen molar-refractivity contribution in [2.75, 3.05) is 26.9 Å². The first-order chi connectivity index (χ1) is 9.36. The SMILES string of the molecule is CNC(c1ccc(OC2CC2)cc1)C1COCCO1. The molecule has 2 fully saturated rings. The van der Waals surface area contributed by atoms with E-state index in [1.165, 1.54) is 18.4 Å². The zero-order chi connectivity index (χ0) is 13.1. The summed E-state index contributed by atoms with van der Waals surface area (Å²) < 4.78 is 17.0. The molecule has 0 spiro atoms. The fourth-order valence-corrected chi connectivity index (χ4v) is 2.40. The van der Waals surface area contributed by atoms with Crippen LogP contribution in [0.1, 0.15) is 24.4 Å². The molecule has 4 nitrogen and oxygen atoms in total. The van der Waals surface area contributed by atoms with Crippen LogP contribution in [0.3, 0.4) is 0 Å². The van der Waals surface area contributed by atoms with Crippen molar-refractivity contribution in [1.82, 2.24) is 5.32 Å². The van der Waals surface area contributed by atoms with Gasteiger partial charge in [0.2, 0.25) is 0 Å². The van der Waals surface area contributed by atoms with Crippen LogP contribution in [0.4, 0.5) is 0 Å². The summed E-state index contributed by atoms with van der Waals surface area (Å²) in [4.78, 5) is 0. The number of rotatable bonds is 5. The van der Waals surface area contributed by atoms with Crippen molar-refractivity contribution in [2.45, 2.75) is 31.1 Å². The zero-order valence-electron chi connectivity index (χ0n) is 11.3. The first-order valence-corrected chi connectivity index (χ1v) is 7.00. The van der Waals surface area contributed by atoms with E-state index in [0.29, 0.717) is 25.9 Å². The van der Waals surface area contributed by atoms with Gasteiger partial charge in [0.1, 0.15) is 11.9 Å². The highest BCUT2D eigenvalue weighted by Gasteiger charge is 2.26. The molecule has 2 aliphatic rings. The molecule has 1 saturated carbocycles. The normalized spacial score (nSPS) is 25.0. The smallest absolute Gasteiger partial charge is 0.119 e. The minimum atomic E-state index is 0.0777. The van der Waals surface area contributed by atoms with E-state index in [4.69, 9.17) is 14.2 Å². The second kappa shape index (κ2) is 5.90. The summed E-state index contributed by atoms with van der Waals surface area (Å²) in [5, 5.41) is 3.31. The van der Waals surface area contributed by atoms with Crippen molar-refractivity contribution in [2.24, 2.45) is 0 Å². The van der Waals surface area contributed by atoms with Gasteiger partial charge >= 0.3 is 0 Å². The Balaban J connectivity index is 1.67. The Morgan fingerprint density at radius 1 is 1.21 bits per heavy atom. The number of ether oxygens (including phenoxy) is 3. The summed E-state index contributed by atoms with van der Waals surface area (Å²) in [6.45, 7) is 2.01. The predicted molar refractivity (Wildman–Crippen MR) is 72.5 cm³/mol. The van der Waals surface area contributed by atoms with Crippen LogP contribution in [0.25, 0.3) is 0 Å². The van der Waals surface area contributed by atoms with Crippen molar-refractivity contribution >= 4 is 0 Å². The molecule has 1 aliphatic carbocycles. The van der Waals surface area contributed by atoms with Crippen LogP contribution in [0.5, 0.6) is 5.75 Å². The molecular formula is C15H21NO3. The van der Waals surface area contributed by atoms with Gasteiger partial charge in [0.15, 0.2) is 0 Å². The van der Waals surface area contributed by atoms with Crippen LogP contribution in [-0.2, 0) is 9.47 Å².